The zero-order chi connectivity index (χ0) is 13.1. The van der Waals surface area contributed by atoms with Crippen LogP contribution in [0.5, 0.6) is 0 Å². The second-order valence-corrected chi connectivity index (χ2v) is 6.67. The molecule has 0 bridgehead atoms. The lowest BCUT2D eigenvalue weighted by molar-refractivity contribution is 0.721. The smallest absolute Gasteiger partial charge is 0.0449 e. The maximum atomic E-state index is 6.23. The third-order valence-corrected chi connectivity index (χ3v) is 4.25. The summed E-state index contributed by atoms with van der Waals surface area (Å²) in [5.74, 6) is 0. The van der Waals surface area contributed by atoms with Crippen LogP contribution in [0.25, 0.3) is 0 Å². The molecule has 1 nitrogen and oxygen atoms in total. The van der Waals surface area contributed by atoms with Crippen LogP contribution in [0, 0.1) is 3.57 Å². The second-order valence-electron chi connectivity index (χ2n) is 4.10. The molecule has 0 aliphatic carbocycles. The van der Waals surface area contributed by atoms with Crippen molar-refractivity contribution in [1.82, 2.24) is 0 Å². The highest BCUT2D eigenvalue weighted by atomic mass is 127. The Balaban J connectivity index is 2.18. The van der Waals surface area contributed by atoms with E-state index in [0.29, 0.717) is 0 Å². The maximum absolute atomic E-state index is 6.23. The topological polar surface area (TPSA) is 26.0 Å². The summed E-state index contributed by atoms with van der Waals surface area (Å²) in [5.41, 5.74) is 8.44. The van der Waals surface area contributed by atoms with Crippen molar-refractivity contribution >= 4 is 50.1 Å². The Morgan fingerprint density at radius 1 is 1.22 bits per heavy atom. The van der Waals surface area contributed by atoms with Gasteiger partial charge in [-0.25, -0.2) is 0 Å². The molecular weight excluding hydrogens is 424 g/mol. The lowest BCUT2D eigenvalue weighted by Crippen LogP contribution is -2.13. The number of benzene rings is 2. The highest BCUT2D eigenvalue weighted by Crippen LogP contribution is 2.25. The number of hydrogen-bond acceptors (Lipinski definition) is 1. The van der Waals surface area contributed by atoms with Crippen LogP contribution in [0.1, 0.15) is 17.2 Å². The summed E-state index contributed by atoms with van der Waals surface area (Å²) in [7, 11) is 0. The van der Waals surface area contributed by atoms with Gasteiger partial charge in [0.25, 0.3) is 0 Å². The SMILES string of the molecule is NC(Cc1ccc(Br)cc1Cl)c1cccc(I)c1. The summed E-state index contributed by atoms with van der Waals surface area (Å²) in [6, 6.07) is 14.1. The third kappa shape index (κ3) is 3.70. The predicted molar refractivity (Wildman–Crippen MR) is 88.9 cm³/mol. The third-order valence-electron chi connectivity index (χ3n) is 2.73. The van der Waals surface area contributed by atoms with Crippen LogP contribution in [-0.2, 0) is 6.42 Å². The molecule has 0 spiro atoms. The molecule has 94 valence electrons. The van der Waals surface area contributed by atoms with Gasteiger partial charge in [-0.3, -0.25) is 0 Å². The average molecular weight is 437 g/mol. The van der Waals surface area contributed by atoms with Crippen LogP contribution in [0.4, 0.5) is 0 Å². The van der Waals surface area contributed by atoms with Crippen molar-refractivity contribution in [2.24, 2.45) is 5.73 Å². The van der Waals surface area contributed by atoms with Crippen molar-refractivity contribution in [3.63, 3.8) is 0 Å². The van der Waals surface area contributed by atoms with Gasteiger partial charge in [0.1, 0.15) is 0 Å². The molecule has 1 unspecified atom stereocenters. The molecule has 0 aromatic heterocycles. The Kier molecular flexibility index (Phi) is 5.06. The molecule has 1 atom stereocenters. The van der Waals surface area contributed by atoms with E-state index in [9.17, 15) is 0 Å². The molecule has 0 aliphatic rings. The summed E-state index contributed by atoms with van der Waals surface area (Å²) < 4.78 is 2.18. The largest absolute Gasteiger partial charge is 0.324 e. The van der Waals surface area contributed by atoms with Crippen molar-refractivity contribution in [3.8, 4) is 0 Å². The Bertz CT molecular complexity index is 559. The van der Waals surface area contributed by atoms with Crippen LogP contribution < -0.4 is 5.73 Å². The summed E-state index contributed by atoms with van der Waals surface area (Å²) in [6.45, 7) is 0. The number of rotatable bonds is 3. The first kappa shape index (κ1) is 14.3. The van der Waals surface area contributed by atoms with Crippen molar-refractivity contribution in [3.05, 3.63) is 66.7 Å². The first-order valence-corrected chi connectivity index (χ1v) is 7.76. The zero-order valence-corrected chi connectivity index (χ0v) is 14.0. The van der Waals surface area contributed by atoms with Crippen LogP contribution in [0.2, 0.25) is 5.02 Å². The Morgan fingerprint density at radius 2 is 2.00 bits per heavy atom. The van der Waals surface area contributed by atoms with Gasteiger partial charge in [0.05, 0.1) is 0 Å². The average Bonchev–Trinajstić information content (AvgIpc) is 2.32. The minimum Gasteiger partial charge on any atom is -0.324 e. The summed E-state index contributed by atoms with van der Waals surface area (Å²) in [5, 5.41) is 0.755. The van der Waals surface area contributed by atoms with Gasteiger partial charge in [-0.15, -0.1) is 0 Å². The Labute approximate surface area is 134 Å². The number of halogens is 3. The second kappa shape index (κ2) is 6.37. The van der Waals surface area contributed by atoms with E-state index >= 15 is 0 Å². The quantitative estimate of drug-likeness (QED) is 0.677. The standard InChI is InChI=1S/C14H12BrClIN/c15-11-5-4-9(13(16)8-11)7-14(18)10-2-1-3-12(17)6-10/h1-6,8,14H,7,18H2. The molecule has 2 aromatic carbocycles. The lowest BCUT2D eigenvalue weighted by atomic mass is 10.00. The summed E-state index contributed by atoms with van der Waals surface area (Å²) in [6.07, 6.45) is 0.742. The molecule has 0 saturated heterocycles. The summed E-state index contributed by atoms with van der Waals surface area (Å²) in [4.78, 5) is 0. The molecule has 0 amide bonds. The first-order chi connectivity index (χ1) is 8.56. The fourth-order valence-electron chi connectivity index (χ4n) is 1.78. The maximum Gasteiger partial charge on any atom is 0.0449 e. The molecule has 0 aliphatic heterocycles. The van der Waals surface area contributed by atoms with Crippen LogP contribution >= 0.6 is 50.1 Å². The van der Waals surface area contributed by atoms with Crippen molar-refractivity contribution in [2.75, 3.05) is 0 Å². The summed E-state index contributed by atoms with van der Waals surface area (Å²) >= 11 is 11.9. The van der Waals surface area contributed by atoms with E-state index in [-0.39, 0.29) is 6.04 Å². The van der Waals surface area contributed by atoms with E-state index in [2.05, 4.69) is 56.7 Å². The fraction of sp³-hybridized carbons (Fsp3) is 0.143. The molecule has 18 heavy (non-hydrogen) atoms. The highest BCUT2D eigenvalue weighted by molar-refractivity contribution is 14.1. The molecule has 2 aromatic rings. The number of nitrogens with two attached hydrogens (primary N) is 1. The van der Waals surface area contributed by atoms with Gasteiger partial charge < -0.3 is 5.73 Å². The lowest BCUT2D eigenvalue weighted by Gasteiger charge is -2.13. The Morgan fingerprint density at radius 3 is 2.67 bits per heavy atom. The zero-order valence-electron chi connectivity index (χ0n) is 9.54. The van der Waals surface area contributed by atoms with Crippen LogP contribution in [0.3, 0.4) is 0 Å². The van der Waals surface area contributed by atoms with E-state index in [0.717, 1.165) is 27.0 Å². The van der Waals surface area contributed by atoms with E-state index in [4.69, 9.17) is 17.3 Å². The molecule has 0 radical (unpaired) electrons. The van der Waals surface area contributed by atoms with Gasteiger partial charge in [0.15, 0.2) is 0 Å². The van der Waals surface area contributed by atoms with E-state index in [1.54, 1.807) is 0 Å². The minimum atomic E-state index is -0.0293. The predicted octanol–water partition coefficient (Wildman–Crippen LogP) is 4.95. The molecular formula is C14H12BrClIN. The first-order valence-electron chi connectivity index (χ1n) is 5.51. The molecule has 0 saturated carbocycles. The molecule has 0 heterocycles. The fourth-order valence-corrected chi connectivity index (χ4v) is 3.10. The highest BCUT2D eigenvalue weighted by Gasteiger charge is 2.10. The van der Waals surface area contributed by atoms with Crippen LogP contribution in [-0.4, -0.2) is 0 Å². The number of hydrogen-bond donors (Lipinski definition) is 1. The molecule has 4 heteroatoms. The van der Waals surface area contributed by atoms with Gasteiger partial charge in [-0.2, -0.15) is 0 Å². The van der Waals surface area contributed by atoms with E-state index < -0.39 is 0 Å². The van der Waals surface area contributed by atoms with Gasteiger partial charge in [-0.05, 0) is 64.4 Å². The van der Waals surface area contributed by atoms with Gasteiger partial charge in [0.2, 0.25) is 0 Å². The monoisotopic (exact) mass is 435 g/mol. The Hall–Kier alpha value is -0.100. The molecule has 2 N–H and O–H groups in total. The molecule has 2 rings (SSSR count). The minimum absolute atomic E-state index is 0.0293. The van der Waals surface area contributed by atoms with Gasteiger partial charge >= 0.3 is 0 Å². The van der Waals surface area contributed by atoms with Crippen molar-refractivity contribution in [1.29, 1.82) is 0 Å². The van der Waals surface area contributed by atoms with Crippen molar-refractivity contribution < 1.29 is 0 Å². The van der Waals surface area contributed by atoms with Gasteiger partial charge in [-0.1, -0.05) is 45.7 Å². The van der Waals surface area contributed by atoms with E-state index in [1.807, 2.05) is 24.3 Å². The van der Waals surface area contributed by atoms with Crippen LogP contribution in [0.15, 0.2) is 46.9 Å². The van der Waals surface area contributed by atoms with Gasteiger partial charge in [0, 0.05) is 19.1 Å². The molecule has 0 fully saturated rings. The van der Waals surface area contributed by atoms with E-state index in [1.165, 1.54) is 3.57 Å². The van der Waals surface area contributed by atoms with Crippen molar-refractivity contribution in [2.45, 2.75) is 12.5 Å². The normalized spacial score (nSPS) is 12.4.